The number of halogens is 1. The van der Waals surface area contributed by atoms with Crippen LogP contribution < -0.4 is 10.6 Å². The number of hydrogen-bond donors (Lipinski definition) is 2. The van der Waals surface area contributed by atoms with Crippen molar-refractivity contribution in [3.8, 4) is 0 Å². The van der Waals surface area contributed by atoms with Crippen molar-refractivity contribution in [3.63, 3.8) is 0 Å². The van der Waals surface area contributed by atoms with E-state index < -0.39 is 0 Å². The maximum absolute atomic E-state index is 12.4. The van der Waals surface area contributed by atoms with Crippen LogP contribution in [0.5, 0.6) is 0 Å². The number of unbranched alkanes of at least 4 members (excludes halogenated alkanes) is 1. The molecule has 0 radical (unpaired) electrons. The number of likely N-dealkylation sites (tertiary alicyclic amines) is 2. The third-order valence-electron chi connectivity index (χ3n) is 6.66. The first-order valence-corrected chi connectivity index (χ1v) is 12.1. The molecule has 3 rings (SSSR count). The van der Waals surface area contributed by atoms with E-state index in [4.69, 9.17) is 0 Å². The molecule has 32 heavy (non-hydrogen) atoms. The topological polar surface area (TPSA) is 60.0 Å². The highest BCUT2D eigenvalue weighted by Gasteiger charge is 2.29. The number of carbonyl (C=O) groups excluding carboxylic acids is 1. The van der Waals surface area contributed by atoms with E-state index in [0.717, 1.165) is 50.9 Å². The van der Waals surface area contributed by atoms with Gasteiger partial charge in [-0.15, -0.1) is 24.0 Å². The fraction of sp³-hybridized carbons (Fsp3) is 0.680. The second kappa shape index (κ2) is 14.7. The Morgan fingerprint density at radius 1 is 1.09 bits per heavy atom. The predicted molar refractivity (Wildman–Crippen MR) is 144 cm³/mol. The Kier molecular flexibility index (Phi) is 12.4. The minimum Gasteiger partial charge on any atom is -0.356 e. The Bertz CT molecular complexity index is 691. The molecule has 6 nitrogen and oxygen atoms in total. The zero-order valence-corrected chi connectivity index (χ0v) is 22.2. The van der Waals surface area contributed by atoms with Gasteiger partial charge < -0.3 is 20.4 Å². The van der Waals surface area contributed by atoms with E-state index in [-0.39, 0.29) is 29.9 Å². The van der Waals surface area contributed by atoms with Gasteiger partial charge in [-0.2, -0.15) is 0 Å². The molecule has 1 unspecified atom stereocenters. The molecule has 2 fully saturated rings. The Hall–Kier alpha value is -1.35. The Balaban J connectivity index is 0.00000363. The summed E-state index contributed by atoms with van der Waals surface area (Å²) in [7, 11) is 1.82. The number of rotatable bonds is 10. The van der Waals surface area contributed by atoms with E-state index in [1.165, 1.54) is 44.5 Å². The molecule has 0 aromatic heterocycles. The van der Waals surface area contributed by atoms with E-state index in [2.05, 4.69) is 51.7 Å². The molecule has 180 valence electrons. The van der Waals surface area contributed by atoms with Crippen LogP contribution in [0.1, 0.15) is 44.6 Å². The normalized spacial score (nSPS) is 20.3. The van der Waals surface area contributed by atoms with Gasteiger partial charge in [-0.25, -0.2) is 0 Å². The Labute approximate surface area is 211 Å². The highest BCUT2D eigenvalue weighted by Crippen LogP contribution is 2.18. The molecule has 2 aliphatic rings. The van der Waals surface area contributed by atoms with Crippen molar-refractivity contribution in [2.75, 3.05) is 52.9 Å². The molecule has 0 spiro atoms. The molecule has 2 heterocycles. The van der Waals surface area contributed by atoms with Gasteiger partial charge in [0.25, 0.3) is 0 Å². The van der Waals surface area contributed by atoms with Crippen LogP contribution in [0.15, 0.2) is 35.3 Å². The minimum atomic E-state index is 0. The molecule has 0 bridgehead atoms. The van der Waals surface area contributed by atoms with Crippen LogP contribution in [0, 0.1) is 11.8 Å². The average Bonchev–Trinajstić information content (AvgIpc) is 3.15. The van der Waals surface area contributed by atoms with Crippen LogP contribution in [-0.4, -0.2) is 74.5 Å². The summed E-state index contributed by atoms with van der Waals surface area (Å²) in [6.07, 6.45) is 6.64. The Morgan fingerprint density at radius 2 is 1.84 bits per heavy atom. The van der Waals surface area contributed by atoms with Crippen LogP contribution in [0.4, 0.5) is 0 Å². The van der Waals surface area contributed by atoms with E-state index in [1.807, 2.05) is 18.0 Å². The van der Waals surface area contributed by atoms with Crippen LogP contribution in [0.3, 0.4) is 0 Å². The summed E-state index contributed by atoms with van der Waals surface area (Å²) in [4.78, 5) is 21.3. The number of benzene rings is 1. The molecule has 0 saturated carbocycles. The van der Waals surface area contributed by atoms with Gasteiger partial charge in [0, 0.05) is 45.6 Å². The zero-order chi connectivity index (χ0) is 21.9. The van der Waals surface area contributed by atoms with Crippen molar-refractivity contribution in [3.05, 3.63) is 35.9 Å². The fourth-order valence-electron chi connectivity index (χ4n) is 4.53. The van der Waals surface area contributed by atoms with Crippen molar-refractivity contribution in [1.82, 2.24) is 20.4 Å². The van der Waals surface area contributed by atoms with Gasteiger partial charge in [0.15, 0.2) is 5.96 Å². The number of amides is 1. The van der Waals surface area contributed by atoms with Gasteiger partial charge in [-0.05, 0) is 63.2 Å². The molecule has 2 aliphatic heterocycles. The van der Waals surface area contributed by atoms with E-state index in [0.29, 0.717) is 12.3 Å². The molecule has 7 heteroatoms. The summed E-state index contributed by atoms with van der Waals surface area (Å²) >= 11 is 0. The van der Waals surface area contributed by atoms with E-state index >= 15 is 0 Å². The highest BCUT2D eigenvalue weighted by atomic mass is 127. The number of nitrogens with one attached hydrogen (secondary N) is 2. The standard InChI is InChI=1S/C25H41N5O.HI/c1-21-10-15-29(16-11-21)14-7-6-13-27-25(26-2)28-19-23-18-24(31)30(20-23)17-12-22-8-4-3-5-9-22;/h3-5,8-9,21,23H,6-7,10-20H2,1-2H3,(H2,26,27,28);1H. The summed E-state index contributed by atoms with van der Waals surface area (Å²) in [6, 6.07) is 10.4. The molecule has 1 aromatic carbocycles. The molecule has 0 aliphatic carbocycles. The zero-order valence-electron chi connectivity index (χ0n) is 19.9. The van der Waals surface area contributed by atoms with Crippen molar-refractivity contribution >= 4 is 35.8 Å². The first-order chi connectivity index (χ1) is 15.1. The summed E-state index contributed by atoms with van der Waals surface area (Å²) < 4.78 is 0. The van der Waals surface area contributed by atoms with Gasteiger partial charge in [0.2, 0.25) is 5.91 Å². The van der Waals surface area contributed by atoms with Crippen LogP contribution in [-0.2, 0) is 11.2 Å². The summed E-state index contributed by atoms with van der Waals surface area (Å²) in [5.41, 5.74) is 1.29. The summed E-state index contributed by atoms with van der Waals surface area (Å²) in [5, 5.41) is 6.85. The minimum absolute atomic E-state index is 0. The summed E-state index contributed by atoms with van der Waals surface area (Å²) in [5.74, 6) is 2.38. The first-order valence-electron chi connectivity index (χ1n) is 12.1. The third-order valence-corrected chi connectivity index (χ3v) is 6.66. The average molecular weight is 556 g/mol. The lowest BCUT2D eigenvalue weighted by atomic mass is 9.99. The van der Waals surface area contributed by atoms with Gasteiger partial charge in [0.1, 0.15) is 0 Å². The molecule has 1 atom stereocenters. The lowest BCUT2D eigenvalue weighted by Crippen LogP contribution is -2.41. The van der Waals surface area contributed by atoms with Crippen molar-refractivity contribution < 1.29 is 4.79 Å². The van der Waals surface area contributed by atoms with Crippen molar-refractivity contribution in [2.45, 2.75) is 45.4 Å². The summed E-state index contributed by atoms with van der Waals surface area (Å²) in [6.45, 7) is 9.48. The second-order valence-corrected chi connectivity index (χ2v) is 9.26. The number of piperidine rings is 1. The highest BCUT2D eigenvalue weighted by molar-refractivity contribution is 14.0. The number of hydrogen-bond acceptors (Lipinski definition) is 3. The third kappa shape index (κ3) is 9.25. The number of nitrogens with zero attached hydrogens (tertiary/aromatic N) is 3. The molecular formula is C25H42IN5O. The molecule has 1 amide bonds. The largest absolute Gasteiger partial charge is 0.356 e. The predicted octanol–water partition coefficient (Wildman–Crippen LogP) is 3.37. The lowest BCUT2D eigenvalue weighted by Gasteiger charge is -2.30. The molecule has 1 aromatic rings. The maximum atomic E-state index is 12.4. The second-order valence-electron chi connectivity index (χ2n) is 9.26. The number of carbonyl (C=O) groups is 1. The van der Waals surface area contributed by atoms with Crippen molar-refractivity contribution in [2.24, 2.45) is 16.8 Å². The smallest absolute Gasteiger partial charge is 0.223 e. The van der Waals surface area contributed by atoms with Gasteiger partial charge in [0.05, 0.1) is 0 Å². The quantitative estimate of drug-likeness (QED) is 0.201. The first kappa shape index (κ1) is 26.9. The van der Waals surface area contributed by atoms with Gasteiger partial charge in [-0.1, -0.05) is 37.3 Å². The van der Waals surface area contributed by atoms with Crippen LogP contribution in [0.2, 0.25) is 0 Å². The molecule has 2 N–H and O–H groups in total. The van der Waals surface area contributed by atoms with Gasteiger partial charge in [-0.3, -0.25) is 9.79 Å². The number of aliphatic imine (C=N–C) groups is 1. The molecule has 2 saturated heterocycles. The van der Waals surface area contributed by atoms with Gasteiger partial charge >= 0.3 is 0 Å². The van der Waals surface area contributed by atoms with E-state index in [9.17, 15) is 4.79 Å². The SMILES string of the molecule is CN=C(NCCCCN1CCC(C)CC1)NCC1CC(=O)N(CCc2ccccc2)C1.I. The van der Waals surface area contributed by atoms with Crippen LogP contribution >= 0.6 is 24.0 Å². The Morgan fingerprint density at radius 3 is 2.56 bits per heavy atom. The lowest BCUT2D eigenvalue weighted by molar-refractivity contribution is -0.127. The van der Waals surface area contributed by atoms with E-state index in [1.54, 1.807) is 0 Å². The number of guanidine groups is 1. The van der Waals surface area contributed by atoms with Crippen molar-refractivity contribution in [1.29, 1.82) is 0 Å². The monoisotopic (exact) mass is 555 g/mol. The van der Waals surface area contributed by atoms with Crippen LogP contribution in [0.25, 0.3) is 0 Å². The fourth-order valence-corrected chi connectivity index (χ4v) is 4.53. The molecular weight excluding hydrogens is 513 g/mol. The maximum Gasteiger partial charge on any atom is 0.223 e.